The van der Waals surface area contributed by atoms with Gasteiger partial charge in [0.1, 0.15) is 5.75 Å². The third-order valence-corrected chi connectivity index (χ3v) is 4.60. The first-order chi connectivity index (χ1) is 10.6. The fourth-order valence-electron chi connectivity index (χ4n) is 1.86. The summed E-state index contributed by atoms with van der Waals surface area (Å²) in [5, 5.41) is 0.951. The first-order valence-corrected chi connectivity index (χ1v) is 8.68. The molecule has 4 heteroatoms. The highest BCUT2D eigenvalue weighted by molar-refractivity contribution is 8.02. The van der Waals surface area contributed by atoms with Gasteiger partial charge in [0.2, 0.25) is 5.90 Å². The number of aliphatic imine (C=N–C) groups is 1. The summed E-state index contributed by atoms with van der Waals surface area (Å²) < 4.78 is 11.6. The molecule has 0 aliphatic rings. The lowest BCUT2D eigenvalue weighted by Crippen LogP contribution is -2.09. The van der Waals surface area contributed by atoms with Gasteiger partial charge in [-0.05, 0) is 50.0 Å². The Balaban J connectivity index is 3.11. The fourth-order valence-corrected chi connectivity index (χ4v) is 2.78. The predicted molar refractivity (Wildman–Crippen MR) is 97.0 cm³/mol. The van der Waals surface area contributed by atoms with Crippen molar-refractivity contribution >= 4 is 17.7 Å². The maximum atomic E-state index is 6.14. The van der Waals surface area contributed by atoms with Crippen molar-refractivity contribution in [3.63, 3.8) is 0 Å². The van der Waals surface area contributed by atoms with Gasteiger partial charge in [-0.3, -0.25) is 4.99 Å². The van der Waals surface area contributed by atoms with Gasteiger partial charge in [-0.1, -0.05) is 31.7 Å². The highest BCUT2D eigenvalue weighted by atomic mass is 32.2. The molecule has 1 aromatic rings. The van der Waals surface area contributed by atoms with Crippen molar-refractivity contribution in [2.45, 2.75) is 40.5 Å². The van der Waals surface area contributed by atoms with Crippen LogP contribution in [0.3, 0.4) is 0 Å². The van der Waals surface area contributed by atoms with Crippen LogP contribution in [0.15, 0.2) is 33.9 Å². The smallest absolute Gasteiger partial charge is 0.226 e. The maximum absolute atomic E-state index is 6.14. The molecule has 0 N–H and O–H groups in total. The van der Waals surface area contributed by atoms with Gasteiger partial charge in [-0.15, -0.1) is 0 Å². The SMILES string of the molecule is CCCS/C(OC(=NC)c1ccc(C)cc1OC)=C(/C)CC. The zero-order valence-electron chi connectivity index (χ0n) is 14.5. The van der Waals surface area contributed by atoms with Crippen LogP contribution in [-0.4, -0.2) is 25.8 Å². The van der Waals surface area contributed by atoms with Gasteiger partial charge in [0.05, 0.1) is 12.7 Å². The Morgan fingerprint density at radius 2 is 2.00 bits per heavy atom. The summed E-state index contributed by atoms with van der Waals surface area (Å²) in [6, 6.07) is 6.04. The van der Waals surface area contributed by atoms with Crippen LogP contribution in [0, 0.1) is 6.92 Å². The third-order valence-electron chi connectivity index (χ3n) is 3.30. The Hall–Kier alpha value is -1.42. The molecule has 0 saturated heterocycles. The number of hydrogen-bond acceptors (Lipinski definition) is 4. The molecule has 1 aromatic carbocycles. The van der Waals surface area contributed by atoms with E-state index in [-0.39, 0.29) is 0 Å². The van der Waals surface area contributed by atoms with Gasteiger partial charge in [-0.25, -0.2) is 0 Å². The Morgan fingerprint density at radius 3 is 2.55 bits per heavy atom. The van der Waals surface area contributed by atoms with Crippen LogP contribution in [0.4, 0.5) is 0 Å². The molecule has 122 valence electrons. The van der Waals surface area contributed by atoms with Crippen molar-refractivity contribution in [3.05, 3.63) is 40.0 Å². The molecule has 22 heavy (non-hydrogen) atoms. The number of nitrogens with zero attached hydrogens (tertiary/aromatic N) is 1. The van der Waals surface area contributed by atoms with Crippen LogP contribution < -0.4 is 4.74 Å². The van der Waals surface area contributed by atoms with E-state index in [1.807, 2.05) is 25.1 Å². The van der Waals surface area contributed by atoms with E-state index in [0.29, 0.717) is 5.90 Å². The normalized spacial score (nSPS) is 12.9. The molecule has 0 bridgehead atoms. The molecule has 0 atom stereocenters. The topological polar surface area (TPSA) is 30.8 Å². The molecular weight excluding hydrogens is 294 g/mol. The second-order valence-electron chi connectivity index (χ2n) is 5.10. The highest BCUT2D eigenvalue weighted by Gasteiger charge is 2.15. The number of benzene rings is 1. The molecule has 0 heterocycles. The summed E-state index contributed by atoms with van der Waals surface area (Å²) in [6.45, 7) is 8.46. The molecule has 0 aromatic heterocycles. The van der Waals surface area contributed by atoms with E-state index in [2.05, 4.69) is 25.8 Å². The Morgan fingerprint density at radius 1 is 1.27 bits per heavy atom. The summed E-state index contributed by atoms with van der Waals surface area (Å²) in [5.74, 6) is 2.42. The lowest BCUT2D eigenvalue weighted by molar-refractivity contribution is 0.405. The number of hydrogen-bond donors (Lipinski definition) is 0. The van der Waals surface area contributed by atoms with E-state index in [4.69, 9.17) is 9.47 Å². The van der Waals surface area contributed by atoms with Crippen molar-refractivity contribution in [1.29, 1.82) is 0 Å². The number of methoxy groups -OCH3 is 1. The molecule has 1 rings (SSSR count). The minimum Gasteiger partial charge on any atom is -0.496 e. The molecule has 0 radical (unpaired) electrons. The molecular formula is C18H27NO2S. The Bertz CT molecular complexity index is 550. The maximum Gasteiger partial charge on any atom is 0.226 e. The van der Waals surface area contributed by atoms with Crippen LogP contribution in [0.25, 0.3) is 0 Å². The minimum atomic E-state index is 0.600. The molecule has 0 aliphatic carbocycles. The van der Waals surface area contributed by atoms with Crippen LogP contribution in [0.5, 0.6) is 5.75 Å². The predicted octanol–water partition coefficient (Wildman–Crippen LogP) is 5.18. The van der Waals surface area contributed by atoms with E-state index >= 15 is 0 Å². The van der Waals surface area contributed by atoms with E-state index in [1.54, 1.807) is 25.9 Å². The van der Waals surface area contributed by atoms with Gasteiger partial charge < -0.3 is 9.47 Å². The van der Waals surface area contributed by atoms with Crippen LogP contribution >= 0.6 is 11.8 Å². The molecule has 0 spiro atoms. The lowest BCUT2D eigenvalue weighted by Gasteiger charge is -2.16. The summed E-state index contributed by atoms with van der Waals surface area (Å²) in [5.41, 5.74) is 3.27. The summed E-state index contributed by atoms with van der Waals surface area (Å²) in [7, 11) is 3.42. The molecule has 0 amide bonds. The zero-order chi connectivity index (χ0) is 16.5. The average Bonchev–Trinajstić information content (AvgIpc) is 2.54. The van der Waals surface area contributed by atoms with Crippen molar-refractivity contribution < 1.29 is 9.47 Å². The van der Waals surface area contributed by atoms with Gasteiger partial charge in [0, 0.05) is 12.8 Å². The number of aryl methyl sites for hydroxylation is 1. The number of rotatable bonds is 7. The fraction of sp³-hybridized carbons (Fsp3) is 0.500. The van der Waals surface area contributed by atoms with Gasteiger partial charge in [-0.2, -0.15) is 0 Å². The summed E-state index contributed by atoms with van der Waals surface area (Å²) in [4.78, 5) is 4.33. The summed E-state index contributed by atoms with van der Waals surface area (Å²) >= 11 is 1.74. The second-order valence-corrected chi connectivity index (χ2v) is 6.17. The summed E-state index contributed by atoms with van der Waals surface area (Å²) in [6.07, 6.45) is 2.08. The lowest BCUT2D eigenvalue weighted by atomic mass is 10.1. The van der Waals surface area contributed by atoms with Crippen molar-refractivity contribution in [2.24, 2.45) is 4.99 Å². The van der Waals surface area contributed by atoms with Crippen molar-refractivity contribution in [2.75, 3.05) is 19.9 Å². The molecule has 0 unspecified atom stereocenters. The second kappa shape index (κ2) is 9.57. The highest BCUT2D eigenvalue weighted by Crippen LogP contribution is 2.28. The first-order valence-electron chi connectivity index (χ1n) is 7.69. The average molecular weight is 321 g/mol. The van der Waals surface area contributed by atoms with E-state index in [9.17, 15) is 0 Å². The number of thioether (sulfide) groups is 1. The monoisotopic (exact) mass is 321 g/mol. The van der Waals surface area contributed by atoms with Crippen molar-refractivity contribution in [1.82, 2.24) is 0 Å². The van der Waals surface area contributed by atoms with E-state index < -0.39 is 0 Å². The Labute approximate surface area is 138 Å². The standard InChI is InChI=1S/C18H27NO2S/c1-7-11-22-18(14(4)8-2)21-17(19-5)15-10-9-13(3)12-16(15)20-6/h9-10,12H,7-8,11H2,1-6H3/b18-14-,19-17?. The van der Waals surface area contributed by atoms with Gasteiger partial charge in [0.25, 0.3) is 0 Å². The number of allylic oxidation sites excluding steroid dienone is 1. The molecule has 0 fully saturated rings. The van der Waals surface area contributed by atoms with E-state index in [1.165, 1.54) is 5.57 Å². The van der Waals surface area contributed by atoms with Gasteiger partial charge >= 0.3 is 0 Å². The van der Waals surface area contributed by atoms with Crippen LogP contribution in [0.1, 0.15) is 44.7 Å². The minimum absolute atomic E-state index is 0.600. The zero-order valence-corrected chi connectivity index (χ0v) is 15.3. The first kappa shape index (κ1) is 18.6. The largest absolute Gasteiger partial charge is 0.496 e. The molecule has 3 nitrogen and oxygen atoms in total. The quantitative estimate of drug-likeness (QED) is 0.394. The van der Waals surface area contributed by atoms with Crippen LogP contribution in [0.2, 0.25) is 0 Å². The number of ether oxygens (including phenoxy) is 2. The van der Waals surface area contributed by atoms with Crippen molar-refractivity contribution in [3.8, 4) is 5.75 Å². The van der Waals surface area contributed by atoms with Crippen LogP contribution in [-0.2, 0) is 4.74 Å². The molecule has 0 aliphatic heterocycles. The van der Waals surface area contributed by atoms with E-state index in [0.717, 1.165) is 40.6 Å². The molecule has 0 saturated carbocycles. The van der Waals surface area contributed by atoms with Gasteiger partial charge in [0.15, 0.2) is 5.09 Å². The third kappa shape index (κ3) is 5.09. The Kier molecular flexibility index (Phi) is 8.10.